The van der Waals surface area contributed by atoms with Crippen molar-refractivity contribution in [3.8, 4) is 0 Å². The Hall–Kier alpha value is -5.03. The van der Waals surface area contributed by atoms with Crippen molar-refractivity contribution in [1.29, 1.82) is 0 Å². The first-order valence-corrected chi connectivity index (χ1v) is 14.6. The van der Waals surface area contributed by atoms with Crippen LogP contribution in [0.3, 0.4) is 0 Å². The third kappa shape index (κ3) is 9.73. The van der Waals surface area contributed by atoms with E-state index in [1.54, 1.807) is 0 Å². The molecule has 0 aromatic heterocycles. The maximum atomic E-state index is 12.5. The van der Waals surface area contributed by atoms with Crippen molar-refractivity contribution in [2.24, 2.45) is 0 Å². The van der Waals surface area contributed by atoms with E-state index in [9.17, 15) is 24.0 Å². The Bertz CT molecular complexity index is 1360. The Balaban J connectivity index is 2.20. The second-order valence-corrected chi connectivity index (χ2v) is 10.3. The van der Waals surface area contributed by atoms with Gasteiger partial charge in [-0.2, -0.15) is 0 Å². The normalized spacial score (nSPS) is 13.7. The van der Waals surface area contributed by atoms with Crippen molar-refractivity contribution in [3.63, 3.8) is 0 Å². The standard InChI is InChI=1S/C35H38O11/c1-23(36)41-21-31(43-24(2)37)33(45-26(4)39)34(46-27(5)40)32(44-25(3)38)22-42-35(28-15-9-6-10-16-28,29-17-11-7-12-18-29)30-19-13-8-14-20-30/h6-20,31-34H,21-22H2,1-5H3/t31-,32+,33+,34-/m0/s1. The van der Waals surface area contributed by atoms with E-state index in [-0.39, 0.29) is 0 Å². The summed E-state index contributed by atoms with van der Waals surface area (Å²) in [5.41, 5.74) is 0.944. The van der Waals surface area contributed by atoms with Gasteiger partial charge in [-0.1, -0.05) is 91.0 Å². The third-order valence-corrected chi connectivity index (χ3v) is 6.75. The van der Waals surface area contributed by atoms with Gasteiger partial charge in [0.2, 0.25) is 0 Å². The molecule has 0 heterocycles. The van der Waals surface area contributed by atoms with Crippen molar-refractivity contribution in [2.45, 2.75) is 64.6 Å². The fourth-order valence-electron chi connectivity index (χ4n) is 5.09. The first-order valence-electron chi connectivity index (χ1n) is 14.6. The van der Waals surface area contributed by atoms with E-state index in [0.29, 0.717) is 0 Å². The zero-order chi connectivity index (χ0) is 33.7. The molecule has 0 saturated carbocycles. The Labute approximate surface area is 267 Å². The van der Waals surface area contributed by atoms with Crippen LogP contribution >= 0.6 is 0 Å². The summed E-state index contributed by atoms with van der Waals surface area (Å²) >= 11 is 0. The van der Waals surface area contributed by atoms with E-state index < -0.39 is 73.1 Å². The predicted molar refractivity (Wildman–Crippen MR) is 164 cm³/mol. The van der Waals surface area contributed by atoms with Gasteiger partial charge in [0.15, 0.2) is 24.4 Å². The van der Waals surface area contributed by atoms with E-state index in [0.717, 1.165) is 51.3 Å². The molecule has 46 heavy (non-hydrogen) atoms. The minimum Gasteiger partial charge on any atom is -0.462 e. The van der Waals surface area contributed by atoms with Crippen LogP contribution in [0.4, 0.5) is 0 Å². The van der Waals surface area contributed by atoms with Crippen LogP contribution in [0.1, 0.15) is 51.3 Å². The summed E-state index contributed by atoms with van der Waals surface area (Å²) in [5, 5.41) is 0. The van der Waals surface area contributed by atoms with Crippen molar-refractivity contribution >= 4 is 29.8 Å². The Morgan fingerprint density at radius 3 is 1.11 bits per heavy atom. The number of benzene rings is 3. The largest absolute Gasteiger partial charge is 0.462 e. The molecule has 0 aliphatic heterocycles. The molecule has 3 aromatic carbocycles. The van der Waals surface area contributed by atoms with Crippen LogP contribution in [-0.2, 0) is 58.0 Å². The summed E-state index contributed by atoms with van der Waals surface area (Å²) in [7, 11) is 0. The second kappa shape index (κ2) is 16.9. The SMILES string of the molecule is CC(=O)OC[C@H](OC(C)=O)[C@@H](OC(C)=O)[C@@H](OC(C)=O)[C@@H](COC(c1ccccc1)(c1ccccc1)c1ccccc1)OC(C)=O. The molecule has 0 aliphatic carbocycles. The molecular formula is C35H38O11. The average Bonchev–Trinajstić information content (AvgIpc) is 3.01. The van der Waals surface area contributed by atoms with E-state index in [1.807, 2.05) is 91.0 Å². The molecule has 4 atom stereocenters. The van der Waals surface area contributed by atoms with Crippen LogP contribution < -0.4 is 0 Å². The lowest BCUT2D eigenvalue weighted by Crippen LogP contribution is -2.54. The molecule has 3 aromatic rings. The number of carbonyl (C=O) groups excluding carboxylic acids is 5. The van der Waals surface area contributed by atoms with Crippen molar-refractivity contribution in [3.05, 3.63) is 108 Å². The highest BCUT2D eigenvalue weighted by molar-refractivity contribution is 5.69. The molecule has 11 nitrogen and oxygen atoms in total. The molecule has 0 fully saturated rings. The highest BCUT2D eigenvalue weighted by atomic mass is 16.6. The molecule has 0 amide bonds. The fourth-order valence-corrected chi connectivity index (χ4v) is 5.09. The van der Waals surface area contributed by atoms with Crippen LogP contribution in [0, 0.1) is 0 Å². The van der Waals surface area contributed by atoms with Gasteiger partial charge in [-0.05, 0) is 16.7 Å². The molecule has 0 unspecified atom stereocenters. The minimum absolute atomic E-state index is 0.408. The van der Waals surface area contributed by atoms with E-state index >= 15 is 0 Å². The van der Waals surface area contributed by atoms with E-state index in [2.05, 4.69) is 0 Å². The van der Waals surface area contributed by atoms with E-state index in [4.69, 9.17) is 28.4 Å². The maximum absolute atomic E-state index is 12.5. The monoisotopic (exact) mass is 634 g/mol. The van der Waals surface area contributed by atoms with Gasteiger partial charge in [0.1, 0.15) is 12.2 Å². The molecule has 11 heteroatoms. The maximum Gasteiger partial charge on any atom is 0.303 e. The van der Waals surface area contributed by atoms with Crippen LogP contribution in [0.5, 0.6) is 0 Å². The number of rotatable bonds is 15. The molecule has 0 aliphatic rings. The summed E-state index contributed by atoms with van der Waals surface area (Å²) in [4.78, 5) is 61.1. The molecular weight excluding hydrogens is 596 g/mol. The highest BCUT2D eigenvalue weighted by Gasteiger charge is 2.46. The van der Waals surface area contributed by atoms with Crippen LogP contribution in [0.15, 0.2) is 91.0 Å². The number of ether oxygens (including phenoxy) is 6. The van der Waals surface area contributed by atoms with Crippen LogP contribution in [0.2, 0.25) is 0 Å². The third-order valence-electron chi connectivity index (χ3n) is 6.75. The van der Waals surface area contributed by atoms with Gasteiger partial charge in [-0.15, -0.1) is 0 Å². The molecule has 0 bridgehead atoms. The van der Waals surface area contributed by atoms with Crippen molar-refractivity contribution < 1.29 is 52.4 Å². The molecule has 3 rings (SSSR count). The summed E-state index contributed by atoms with van der Waals surface area (Å²) in [5.74, 6) is -3.93. The first-order chi connectivity index (χ1) is 21.9. The van der Waals surface area contributed by atoms with Gasteiger partial charge in [-0.3, -0.25) is 24.0 Å². The van der Waals surface area contributed by atoms with Gasteiger partial charge < -0.3 is 28.4 Å². The summed E-state index contributed by atoms with van der Waals surface area (Å²) < 4.78 is 34.1. The number of carbonyl (C=O) groups is 5. The van der Waals surface area contributed by atoms with Gasteiger partial charge in [0.05, 0.1) is 6.61 Å². The zero-order valence-corrected chi connectivity index (χ0v) is 26.4. The number of esters is 5. The average molecular weight is 635 g/mol. The van der Waals surface area contributed by atoms with Gasteiger partial charge in [-0.25, -0.2) is 0 Å². The Morgan fingerprint density at radius 1 is 0.478 bits per heavy atom. The second-order valence-electron chi connectivity index (χ2n) is 10.3. The Morgan fingerprint density at radius 2 is 0.804 bits per heavy atom. The fraction of sp³-hybridized carbons (Fsp3) is 0.343. The molecule has 0 radical (unpaired) electrons. The van der Waals surface area contributed by atoms with Gasteiger partial charge in [0.25, 0.3) is 0 Å². The lowest BCUT2D eigenvalue weighted by atomic mass is 9.80. The molecule has 0 spiro atoms. The molecule has 0 saturated heterocycles. The van der Waals surface area contributed by atoms with Crippen LogP contribution in [-0.4, -0.2) is 67.5 Å². The lowest BCUT2D eigenvalue weighted by molar-refractivity contribution is -0.208. The van der Waals surface area contributed by atoms with Crippen LogP contribution in [0.25, 0.3) is 0 Å². The number of hydrogen-bond donors (Lipinski definition) is 0. The lowest BCUT2D eigenvalue weighted by Gasteiger charge is -2.39. The minimum atomic E-state index is -1.59. The zero-order valence-electron chi connectivity index (χ0n) is 26.4. The molecule has 244 valence electrons. The summed E-state index contributed by atoms with van der Waals surface area (Å²) in [6, 6.07) is 28.1. The highest BCUT2D eigenvalue weighted by Crippen LogP contribution is 2.41. The predicted octanol–water partition coefficient (Wildman–Crippen LogP) is 4.29. The summed E-state index contributed by atoms with van der Waals surface area (Å²) in [6.45, 7) is 4.64. The Kier molecular flexibility index (Phi) is 13.0. The molecule has 0 N–H and O–H groups in total. The van der Waals surface area contributed by atoms with Gasteiger partial charge in [0, 0.05) is 34.6 Å². The topological polar surface area (TPSA) is 141 Å². The first kappa shape index (κ1) is 35.4. The number of hydrogen-bond acceptors (Lipinski definition) is 11. The smallest absolute Gasteiger partial charge is 0.303 e. The summed E-state index contributed by atoms with van der Waals surface area (Å²) in [6.07, 6.45) is -6.03. The quantitative estimate of drug-likeness (QED) is 0.134. The van der Waals surface area contributed by atoms with Crippen molar-refractivity contribution in [1.82, 2.24) is 0 Å². The van der Waals surface area contributed by atoms with Gasteiger partial charge >= 0.3 is 29.8 Å². The van der Waals surface area contributed by atoms with E-state index in [1.165, 1.54) is 0 Å². The van der Waals surface area contributed by atoms with Crippen molar-refractivity contribution in [2.75, 3.05) is 13.2 Å².